The van der Waals surface area contributed by atoms with Crippen LogP contribution in [0.25, 0.3) is 0 Å². The van der Waals surface area contributed by atoms with Crippen LogP contribution in [-0.4, -0.2) is 20.2 Å². The van der Waals surface area contributed by atoms with E-state index in [0.29, 0.717) is 0 Å². The van der Waals surface area contributed by atoms with Gasteiger partial charge in [-0.25, -0.2) is 0 Å². The van der Waals surface area contributed by atoms with Gasteiger partial charge in [0.1, 0.15) is 6.10 Å². The van der Waals surface area contributed by atoms with Crippen LogP contribution in [-0.2, 0) is 4.74 Å². The number of rotatable bonds is 5. The van der Waals surface area contributed by atoms with Crippen LogP contribution in [0.4, 0.5) is 5.69 Å². The summed E-state index contributed by atoms with van der Waals surface area (Å²) in [6.07, 6.45) is 0.182. The molecule has 0 amide bonds. The van der Waals surface area contributed by atoms with E-state index in [2.05, 4.69) is 67.3 Å². The van der Waals surface area contributed by atoms with E-state index < -0.39 is 0 Å². The van der Waals surface area contributed by atoms with E-state index in [1.807, 2.05) is 20.2 Å². The molecule has 0 heterocycles. The van der Waals surface area contributed by atoms with Crippen LogP contribution in [0.1, 0.15) is 31.1 Å². The molecule has 0 fully saturated rings. The van der Waals surface area contributed by atoms with Crippen molar-refractivity contribution in [2.75, 3.05) is 19.0 Å². The molecule has 0 aliphatic carbocycles. The molecule has 0 saturated heterocycles. The Hall–Kier alpha value is -1.80. The van der Waals surface area contributed by atoms with Gasteiger partial charge >= 0.3 is 0 Å². The Labute approximate surface area is 122 Å². The van der Waals surface area contributed by atoms with Crippen LogP contribution in [0.3, 0.4) is 0 Å². The molecule has 2 aromatic carbocycles. The molecule has 0 saturated carbocycles. The Morgan fingerprint density at radius 3 is 1.85 bits per heavy atom. The van der Waals surface area contributed by atoms with Crippen LogP contribution in [0.2, 0.25) is 0 Å². The summed E-state index contributed by atoms with van der Waals surface area (Å²) in [7, 11) is 4.10. The number of benzene rings is 2. The lowest BCUT2D eigenvalue weighted by Crippen LogP contribution is -2.13. The highest BCUT2D eigenvalue weighted by Gasteiger charge is 2.16. The van der Waals surface area contributed by atoms with E-state index in [1.165, 1.54) is 16.8 Å². The summed E-state index contributed by atoms with van der Waals surface area (Å²) in [6, 6.07) is 18.9. The van der Waals surface area contributed by atoms with Gasteiger partial charge in [-0.2, -0.15) is 0 Å². The summed E-state index contributed by atoms with van der Waals surface area (Å²) in [5.74, 6) is 0. The molecule has 1 atom stereocenters. The van der Waals surface area contributed by atoms with Gasteiger partial charge in [0.15, 0.2) is 0 Å². The zero-order valence-corrected chi connectivity index (χ0v) is 12.7. The SMILES string of the molecule is CC(C)OC(c1ccccc1)c1ccc(N(C)C)cc1. The van der Waals surface area contributed by atoms with Crippen molar-refractivity contribution in [1.29, 1.82) is 0 Å². The monoisotopic (exact) mass is 269 g/mol. The van der Waals surface area contributed by atoms with Gasteiger partial charge in [0.2, 0.25) is 0 Å². The van der Waals surface area contributed by atoms with E-state index in [9.17, 15) is 0 Å². The molecule has 106 valence electrons. The zero-order chi connectivity index (χ0) is 14.5. The first-order valence-electron chi connectivity index (χ1n) is 7.05. The highest BCUT2D eigenvalue weighted by Crippen LogP contribution is 2.28. The molecule has 0 aromatic heterocycles. The molecule has 0 spiro atoms. The fourth-order valence-corrected chi connectivity index (χ4v) is 2.20. The molecule has 0 aliphatic rings. The highest BCUT2D eigenvalue weighted by molar-refractivity contribution is 5.47. The lowest BCUT2D eigenvalue weighted by Gasteiger charge is -2.22. The normalized spacial score (nSPS) is 12.4. The topological polar surface area (TPSA) is 12.5 Å². The predicted molar refractivity (Wildman–Crippen MR) is 85.3 cm³/mol. The first kappa shape index (κ1) is 14.6. The van der Waals surface area contributed by atoms with Crippen molar-refractivity contribution in [2.45, 2.75) is 26.1 Å². The molecule has 2 nitrogen and oxygen atoms in total. The van der Waals surface area contributed by atoms with Crippen LogP contribution < -0.4 is 4.90 Å². The van der Waals surface area contributed by atoms with Gasteiger partial charge in [-0.05, 0) is 37.1 Å². The average Bonchev–Trinajstić information content (AvgIpc) is 2.45. The van der Waals surface area contributed by atoms with Crippen molar-refractivity contribution in [3.05, 3.63) is 65.7 Å². The van der Waals surface area contributed by atoms with Crippen molar-refractivity contribution in [1.82, 2.24) is 0 Å². The van der Waals surface area contributed by atoms with Gasteiger partial charge in [-0.1, -0.05) is 42.5 Å². The van der Waals surface area contributed by atoms with Crippen LogP contribution in [0, 0.1) is 0 Å². The van der Waals surface area contributed by atoms with Crippen molar-refractivity contribution >= 4 is 5.69 Å². The third-order valence-corrected chi connectivity index (χ3v) is 3.22. The molecule has 0 radical (unpaired) electrons. The largest absolute Gasteiger partial charge is 0.378 e. The summed E-state index contributed by atoms with van der Waals surface area (Å²) < 4.78 is 6.11. The molecule has 2 rings (SSSR count). The van der Waals surface area contributed by atoms with Crippen LogP contribution >= 0.6 is 0 Å². The van der Waals surface area contributed by atoms with Crippen LogP contribution in [0.5, 0.6) is 0 Å². The zero-order valence-electron chi connectivity index (χ0n) is 12.7. The summed E-state index contributed by atoms with van der Waals surface area (Å²) >= 11 is 0. The third-order valence-electron chi connectivity index (χ3n) is 3.22. The second-order valence-electron chi connectivity index (χ2n) is 5.46. The van der Waals surface area contributed by atoms with Gasteiger partial charge in [0.25, 0.3) is 0 Å². The third kappa shape index (κ3) is 3.61. The summed E-state index contributed by atoms with van der Waals surface area (Å²) in [4.78, 5) is 2.10. The second-order valence-corrected chi connectivity index (χ2v) is 5.46. The van der Waals surface area contributed by atoms with E-state index in [4.69, 9.17) is 4.74 Å². The molecule has 0 N–H and O–H groups in total. The van der Waals surface area contributed by atoms with Gasteiger partial charge in [0, 0.05) is 19.8 Å². The maximum atomic E-state index is 6.11. The molecular formula is C18H23NO. The molecule has 20 heavy (non-hydrogen) atoms. The minimum atomic E-state index is -0.00703. The average molecular weight is 269 g/mol. The number of nitrogens with zero attached hydrogens (tertiary/aromatic N) is 1. The van der Waals surface area contributed by atoms with Gasteiger partial charge in [-0.15, -0.1) is 0 Å². The lowest BCUT2D eigenvalue weighted by molar-refractivity contribution is 0.0304. The maximum Gasteiger partial charge on any atom is 0.108 e. The van der Waals surface area contributed by atoms with E-state index in [0.717, 1.165) is 0 Å². The van der Waals surface area contributed by atoms with Crippen LogP contribution in [0.15, 0.2) is 54.6 Å². The fraction of sp³-hybridized carbons (Fsp3) is 0.333. The quantitative estimate of drug-likeness (QED) is 0.804. The Morgan fingerprint density at radius 1 is 0.800 bits per heavy atom. The fourth-order valence-electron chi connectivity index (χ4n) is 2.20. The summed E-state index contributed by atoms with van der Waals surface area (Å²) in [5.41, 5.74) is 3.58. The minimum absolute atomic E-state index is 0.00703. The Morgan fingerprint density at radius 2 is 1.35 bits per heavy atom. The minimum Gasteiger partial charge on any atom is -0.378 e. The van der Waals surface area contributed by atoms with Crippen molar-refractivity contribution in [2.24, 2.45) is 0 Å². The molecule has 0 aliphatic heterocycles. The first-order chi connectivity index (χ1) is 9.58. The van der Waals surface area contributed by atoms with Gasteiger partial charge in [-0.3, -0.25) is 0 Å². The van der Waals surface area contributed by atoms with Gasteiger partial charge in [0.05, 0.1) is 6.10 Å². The highest BCUT2D eigenvalue weighted by atomic mass is 16.5. The molecule has 0 bridgehead atoms. The number of hydrogen-bond donors (Lipinski definition) is 0. The molecule has 2 aromatic rings. The van der Waals surface area contributed by atoms with E-state index >= 15 is 0 Å². The first-order valence-corrected chi connectivity index (χ1v) is 7.05. The standard InChI is InChI=1S/C18H23NO/c1-14(2)20-18(15-8-6-5-7-9-15)16-10-12-17(13-11-16)19(3)4/h5-14,18H,1-4H3. The molecular weight excluding hydrogens is 246 g/mol. The Bertz CT molecular complexity index is 517. The molecule has 2 heteroatoms. The lowest BCUT2D eigenvalue weighted by atomic mass is 10.0. The maximum absolute atomic E-state index is 6.11. The van der Waals surface area contributed by atoms with Crippen molar-refractivity contribution in [3.63, 3.8) is 0 Å². The second kappa shape index (κ2) is 6.58. The Balaban J connectivity index is 2.31. The van der Waals surface area contributed by atoms with Crippen molar-refractivity contribution in [3.8, 4) is 0 Å². The summed E-state index contributed by atoms with van der Waals surface area (Å²) in [5, 5.41) is 0. The summed E-state index contributed by atoms with van der Waals surface area (Å²) in [6.45, 7) is 4.15. The van der Waals surface area contributed by atoms with Gasteiger partial charge < -0.3 is 9.64 Å². The Kier molecular flexibility index (Phi) is 4.80. The number of ether oxygens (including phenoxy) is 1. The number of hydrogen-bond acceptors (Lipinski definition) is 2. The van der Waals surface area contributed by atoms with E-state index in [-0.39, 0.29) is 12.2 Å². The van der Waals surface area contributed by atoms with E-state index in [1.54, 1.807) is 0 Å². The molecule has 1 unspecified atom stereocenters. The smallest absolute Gasteiger partial charge is 0.108 e. The predicted octanol–water partition coefficient (Wildman–Crippen LogP) is 4.27. The van der Waals surface area contributed by atoms with Crippen molar-refractivity contribution < 1.29 is 4.74 Å². The number of anilines is 1.